The number of hydrogen-bond donors (Lipinski definition) is 0. The molecule has 0 spiro atoms. The minimum atomic E-state index is -3.09. The van der Waals surface area contributed by atoms with Gasteiger partial charge < -0.3 is 23.5 Å². The lowest BCUT2D eigenvalue weighted by Gasteiger charge is -2.23. The molecule has 2 aromatic carbocycles. The maximum Gasteiger partial charge on any atom is 0.260 e. The third kappa shape index (κ3) is 5.17. The summed E-state index contributed by atoms with van der Waals surface area (Å²) in [6.45, 7) is 2.04. The molecule has 4 rings (SSSR count). The van der Waals surface area contributed by atoms with Gasteiger partial charge in [0.2, 0.25) is 11.2 Å². The van der Waals surface area contributed by atoms with E-state index >= 15 is 0 Å². The maximum atomic E-state index is 12.9. The maximum absolute atomic E-state index is 12.9. The second-order valence-corrected chi connectivity index (χ2v) is 10.1. The number of fused-ring (bicyclic) bond motifs is 1. The molecule has 1 atom stereocenters. The van der Waals surface area contributed by atoms with Crippen molar-refractivity contribution in [2.24, 2.45) is 0 Å². The Hall–Kier alpha value is -3.53. The van der Waals surface area contributed by atoms with Crippen LogP contribution >= 0.6 is 0 Å². The molecule has 1 aromatic heterocycles. The molecule has 0 bridgehead atoms. The SMILES string of the molecule is CCOc1ccccc1Oc1coc2cc(OCC(=O)N(C)[C@@H]3CCS(=O)(=O)C3)ccc2c1=O. The molecule has 1 saturated heterocycles. The number of para-hydroxylation sites is 2. The van der Waals surface area contributed by atoms with Crippen molar-refractivity contribution in [2.75, 3.05) is 31.8 Å². The number of likely N-dealkylation sites (N-methyl/N-ethyl adjacent to an activating group) is 1. The molecule has 9 nitrogen and oxygen atoms in total. The highest BCUT2D eigenvalue weighted by Gasteiger charge is 2.32. The molecule has 0 unspecified atom stereocenters. The van der Waals surface area contributed by atoms with Crippen molar-refractivity contribution in [3.63, 3.8) is 0 Å². The van der Waals surface area contributed by atoms with E-state index in [-0.39, 0.29) is 46.8 Å². The first-order valence-corrected chi connectivity index (χ1v) is 12.6. The number of benzene rings is 2. The van der Waals surface area contributed by atoms with Crippen LogP contribution in [0.1, 0.15) is 13.3 Å². The molecular formula is C24H25NO8S. The molecule has 1 aliphatic rings. The summed E-state index contributed by atoms with van der Waals surface area (Å²) in [7, 11) is -1.52. The molecule has 0 radical (unpaired) electrons. The first kappa shape index (κ1) is 23.6. The predicted molar refractivity (Wildman–Crippen MR) is 125 cm³/mol. The number of amides is 1. The largest absolute Gasteiger partial charge is 0.490 e. The van der Waals surface area contributed by atoms with Crippen LogP contribution in [-0.4, -0.2) is 57.0 Å². The molecule has 34 heavy (non-hydrogen) atoms. The van der Waals surface area contributed by atoms with E-state index < -0.39 is 9.84 Å². The van der Waals surface area contributed by atoms with E-state index in [2.05, 4.69) is 0 Å². The fourth-order valence-corrected chi connectivity index (χ4v) is 5.48. The normalized spacial score (nSPS) is 16.8. The zero-order valence-electron chi connectivity index (χ0n) is 18.9. The van der Waals surface area contributed by atoms with Gasteiger partial charge in [-0.2, -0.15) is 0 Å². The molecule has 10 heteroatoms. The van der Waals surface area contributed by atoms with Gasteiger partial charge in [0.05, 0.1) is 23.5 Å². The number of ether oxygens (including phenoxy) is 3. The standard InChI is InChI=1S/C24H25NO8S/c1-3-30-19-6-4-5-7-20(19)33-22-13-32-21-12-17(8-9-18(21)24(22)27)31-14-23(26)25(2)16-10-11-34(28,29)15-16/h4-9,12-13,16H,3,10-11,14-15H2,1-2H3/t16-/m1/s1. The molecular weight excluding hydrogens is 462 g/mol. The van der Waals surface area contributed by atoms with Crippen LogP contribution in [0.3, 0.4) is 0 Å². The molecule has 0 saturated carbocycles. The molecule has 2 heterocycles. The molecule has 180 valence electrons. The Balaban J connectivity index is 1.46. The average molecular weight is 488 g/mol. The van der Waals surface area contributed by atoms with Crippen LogP contribution in [0.25, 0.3) is 11.0 Å². The fourth-order valence-electron chi connectivity index (χ4n) is 3.71. The van der Waals surface area contributed by atoms with Gasteiger partial charge in [0.1, 0.15) is 17.6 Å². The van der Waals surface area contributed by atoms with E-state index in [1.807, 2.05) is 6.92 Å². The number of nitrogens with zero attached hydrogens (tertiary/aromatic N) is 1. The van der Waals surface area contributed by atoms with Crippen LogP contribution in [-0.2, 0) is 14.6 Å². The lowest BCUT2D eigenvalue weighted by Crippen LogP contribution is -2.40. The number of carbonyl (C=O) groups is 1. The Morgan fingerprint density at radius 2 is 1.88 bits per heavy atom. The summed E-state index contributed by atoms with van der Waals surface area (Å²) in [5, 5.41) is 0.290. The smallest absolute Gasteiger partial charge is 0.260 e. The van der Waals surface area contributed by atoms with Gasteiger partial charge in [-0.15, -0.1) is 0 Å². The quantitative estimate of drug-likeness (QED) is 0.477. The average Bonchev–Trinajstić information content (AvgIpc) is 3.19. The van der Waals surface area contributed by atoms with Crippen molar-refractivity contribution in [1.29, 1.82) is 0 Å². The molecule has 0 aliphatic carbocycles. The van der Waals surface area contributed by atoms with E-state index in [1.54, 1.807) is 37.4 Å². The molecule has 3 aromatic rings. The number of carbonyl (C=O) groups excluding carboxylic acids is 1. The molecule has 1 fully saturated rings. The van der Waals surface area contributed by atoms with Crippen LogP contribution < -0.4 is 19.6 Å². The fraction of sp³-hybridized carbons (Fsp3) is 0.333. The van der Waals surface area contributed by atoms with E-state index in [1.165, 1.54) is 23.3 Å². The molecule has 1 aliphatic heterocycles. The Bertz CT molecular complexity index is 1360. The highest BCUT2D eigenvalue weighted by atomic mass is 32.2. The van der Waals surface area contributed by atoms with Gasteiger partial charge in [0, 0.05) is 19.2 Å². The van der Waals surface area contributed by atoms with Gasteiger partial charge in [-0.3, -0.25) is 9.59 Å². The van der Waals surface area contributed by atoms with Gasteiger partial charge in [-0.25, -0.2) is 8.42 Å². The van der Waals surface area contributed by atoms with Crippen molar-refractivity contribution in [2.45, 2.75) is 19.4 Å². The van der Waals surface area contributed by atoms with Gasteiger partial charge in [0.25, 0.3) is 5.91 Å². The number of hydrogen-bond acceptors (Lipinski definition) is 8. The van der Waals surface area contributed by atoms with Gasteiger partial charge in [-0.05, 0) is 37.6 Å². The monoisotopic (exact) mass is 487 g/mol. The van der Waals surface area contributed by atoms with Crippen molar-refractivity contribution in [1.82, 2.24) is 4.90 Å². The van der Waals surface area contributed by atoms with Gasteiger partial charge in [-0.1, -0.05) is 12.1 Å². The highest BCUT2D eigenvalue weighted by Crippen LogP contribution is 2.31. The summed E-state index contributed by atoms with van der Waals surface area (Å²) < 4.78 is 45.7. The first-order valence-electron chi connectivity index (χ1n) is 10.8. The zero-order valence-corrected chi connectivity index (χ0v) is 19.7. The summed E-state index contributed by atoms with van der Waals surface area (Å²) in [6, 6.07) is 11.3. The zero-order chi connectivity index (χ0) is 24.3. The predicted octanol–water partition coefficient (Wildman–Crippen LogP) is 3.01. The van der Waals surface area contributed by atoms with Crippen LogP contribution in [0.4, 0.5) is 0 Å². The summed E-state index contributed by atoms with van der Waals surface area (Å²) in [5.74, 6) is 0.981. The minimum absolute atomic E-state index is 0.0108. The topological polar surface area (TPSA) is 112 Å². The highest BCUT2D eigenvalue weighted by molar-refractivity contribution is 7.91. The van der Waals surface area contributed by atoms with Crippen LogP contribution in [0.15, 0.2) is 57.9 Å². The number of sulfone groups is 1. The second kappa shape index (κ2) is 9.76. The Kier molecular flexibility index (Phi) is 6.78. The third-order valence-electron chi connectivity index (χ3n) is 5.60. The van der Waals surface area contributed by atoms with Crippen LogP contribution in [0.2, 0.25) is 0 Å². The first-order chi connectivity index (χ1) is 16.3. The lowest BCUT2D eigenvalue weighted by molar-refractivity contribution is -0.133. The Morgan fingerprint density at radius 3 is 2.59 bits per heavy atom. The second-order valence-electron chi connectivity index (χ2n) is 7.92. The summed E-state index contributed by atoms with van der Waals surface area (Å²) in [5.41, 5.74) is -0.0898. The van der Waals surface area contributed by atoms with Crippen LogP contribution in [0.5, 0.6) is 23.0 Å². The summed E-state index contributed by atoms with van der Waals surface area (Å²) in [6.07, 6.45) is 1.64. The van der Waals surface area contributed by atoms with Gasteiger partial charge in [0.15, 0.2) is 27.9 Å². The van der Waals surface area contributed by atoms with Crippen molar-refractivity contribution in [3.8, 4) is 23.0 Å². The van der Waals surface area contributed by atoms with E-state index in [0.717, 1.165) is 0 Å². The van der Waals surface area contributed by atoms with E-state index in [9.17, 15) is 18.0 Å². The molecule has 1 amide bonds. The van der Waals surface area contributed by atoms with Crippen molar-refractivity contribution in [3.05, 3.63) is 59.0 Å². The third-order valence-corrected chi connectivity index (χ3v) is 7.35. The number of rotatable bonds is 8. The van der Waals surface area contributed by atoms with E-state index in [0.29, 0.717) is 35.7 Å². The summed E-state index contributed by atoms with van der Waals surface area (Å²) >= 11 is 0. The van der Waals surface area contributed by atoms with Crippen molar-refractivity contribution < 1.29 is 31.8 Å². The summed E-state index contributed by atoms with van der Waals surface area (Å²) in [4.78, 5) is 26.7. The lowest BCUT2D eigenvalue weighted by atomic mass is 10.2. The van der Waals surface area contributed by atoms with Crippen molar-refractivity contribution >= 4 is 26.7 Å². The minimum Gasteiger partial charge on any atom is -0.490 e. The van der Waals surface area contributed by atoms with Gasteiger partial charge >= 0.3 is 0 Å². The van der Waals surface area contributed by atoms with Crippen LogP contribution in [0, 0.1) is 0 Å². The molecule has 0 N–H and O–H groups in total. The van der Waals surface area contributed by atoms with E-state index in [4.69, 9.17) is 18.6 Å². The Labute approximate surface area is 196 Å². The Morgan fingerprint density at radius 1 is 1.12 bits per heavy atom.